The van der Waals surface area contributed by atoms with Crippen molar-refractivity contribution in [2.75, 3.05) is 7.05 Å². The average Bonchev–Trinajstić information content (AvgIpc) is 2.87. The molecule has 0 atom stereocenters. The molecule has 1 heterocycles. The fourth-order valence-corrected chi connectivity index (χ4v) is 2.58. The molecule has 1 amide bonds. The van der Waals surface area contributed by atoms with Gasteiger partial charge >= 0.3 is 5.97 Å². The van der Waals surface area contributed by atoms with E-state index >= 15 is 0 Å². The van der Waals surface area contributed by atoms with Gasteiger partial charge in [-0.2, -0.15) is 0 Å². The van der Waals surface area contributed by atoms with Gasteiger partial charge in [-0.25, -0.2) is 9.78 Å². The highest BCUT2D eigenvalue weighted by molar-refractivity contribution is 6.02. The van der Waals surface area contributed by atoms with Crippen molar-refractivity contribution >= 4 is 11.9 Å². The lowest BCUT2D eigenvalue weighted by atomic mass is 9.86. The standard InChI is InChI=1S/C13H19N3O3/c1-8-3-5-9(6-4-8)16(2)12(17)10-11(13(18)19)15-7-14-10/h7-9H,3-6H2,1-2H3,(H,14,15)(H,18,19). The number of carboxylic acid groups (broad SMARTS) is 1. The Hall–Kier alpha value is -1.85. The van der Waals surface area contributed by atoms with Crippen molar-refractivity contribution in [2.45, 2.75) is 38.6 Å². The van der Waals surface area contributed by atoms with Gasteiger partial charge in [0, 0.05) is 13.1 Å². The number of aromatic amines is 1. The normalized spacial score (nSPS) is 23.1. The van der Waals surface area contributed by atoms with E-state index in [9.17, 15) is 9.59 Å². The molecule has 1 aromatic rings. The van der Waals surface area contributed by atoms with E-state index in [0.29, 0.717) is 5.92 Å². The third-order valence-corrected chi connectivity index (χ3v) is 3.91. The molecule has 1 aliphatic rings. The van der Waals surface area contributed by atoms with Crippen molar-refractivity contribution in [1.29, 1.82) is 0 Å². The zero-order chi connectivity index (χ0) is 14.0. The van der Waals surface area contributed by atoms with E-state index in [1.54, 1.807) is 11.9 Å². The molecular formula is C13H19N3O3. The first kappa shape index (κ1) is 13.6. The van der Waals surface area contributed by atoms with Crippen molar-refractivity contribution in [2.24, 2.45) is 5.92 Å². The Morgan fingerprint density at radius 1 is 1.37 bits per heavy atom. The van der Waals surface area contributed by atoms with Gasteiger partial charge in [0.25, 0.3) is 5.91 Å². The lowest BCUT2D eigenvalue weighted by molar-refractivity contribution is 0.0638. The number of carboxylic acids is 1. The summed E-state index contributed by atoms with van der Waals surface area (Å²) in [4.78, 5) is 31.2. The Bertz CT molecular complexity index is 475. The molecule has 19 heavy (non-hydrogen) atoms. The third-order valence-electron chi connectivity index (χ3n) is 3.91. The summed E-state index contributed by atoms with van der Waals surface area (Å²) in [5.41, 5.74) is -0.144. The monoisotopic (exact) mass is 265 g/mol. The number of nitrogens with zero attached hydrogens (tertiary/aromatic N) is 2. The molecule has 1 fully saturated rings. The van der Waals surface area contributed by atoms with Gasteiger partial charge in [-0.3, -0.25) is 4.79 Å². The van der Waals surface area contributed by atoms with Gasteiger partial charge in [0.2, 0.25) is 0 Å². The largest absolute Gasteiger partial charge is 0.477 e. The highest BCUT2D eigenvalue weighted by atomic mass is 16.4. The molecule has 0 aromatic carbocycles. The van der Waals surface area contributed by atoms with Crippen LogP contribution in [0.2, 0.25) is 0 Å². The minimum absolute atomic E-state index is 0.00591. The van der Waals surface area contributed by atoms with Crippen LogP contribution in [0.3, 0.4) is 0 Å². The summed E-state index contributed by atoms with van der Waals surface area (Å²) in [6, 6.07) is 0.182. The molecule has 0 aliphatic heterocycles. The summed E-state index contributed by atoms with van der Waals surface area (Å²) < 4.78 is 0. The average molecular weight is 265 g/mol. The molecule has 6 nitrogen and oxygen atoms in total. The van der Waals surface area contributed by atoms with E-state index in [1.165, 1.54) is 6.33 Å². The summed E-state index contributed by atoms with van der Waals surface area (Å²) >= 11 is 0. The van der Waals surface area contributed by atoms with Crippen molar-refractivity contribution < 1.29 is 14.7 Å². The minimum Gasteiger partial charge on any atom is -0.477 e. The summed E-state index contributed by atoms with van der Waals surface area (Å²) in [5, 5.41) is 8.99. The number of carbonyl (C=O) groups excluding carboxylic acids is 1. The van der Waals surface area contributed by atoms with E-state index in [-0.39, 0.29) is 23.3 Å². The van der Waals surface area contributed by atoms with Crippen LogP contribution in [0, 0.1) is 5.92 Å². The maximum atomic E-state index is 12.3. The molecule has 0 saturated heterocycles. The Kier molecular flexibility index (Phi) is 3.87. The molecule has 1 aromatic heterocycles. The van der Waals surface area contributed by atoms with E-state index in [4.69, 9.17) is 5.11 Å². The fraction of sp³-hybridized carbons (Fsp3) is 0.615. The van der Waals surface area contributed by atoms with Crippen molar-refractivity contribution in [1.82, 2.24) is 14.9 Å². The first-order valence-electron chi connectivity index (χ1n) is 6.54. The number of rotatable bonds is 3. The van der Waals surface area contributed by atoms with Gasteiger partial charge in [-0.05, 0) is 31.6 Å². The number of aromatic nitrogens is 2. The van der Waals surface area contributed by atoms with Gasteiger partial charge in [-0.15, -0.1) is 0 Å². The third kappa shape index (κ3) is 2.77. The number of hydrogen-bond donors (Lipinski definition) is 2. The van der Waals surface area contributed by atoms with Crippen LogP contribution in [0.25, 0.3) is 0 Å². The zero-order valence-electron chi connectivity index (χ0n) is 11.2. The molecule has 6 heteroatoms. The Morgan fingerprint density at radius 2 is 2.00 bits per heavy atom. The molecule has 0 unspecified atom stereocenters. The number of H-pyrrole nitrogens is 1. The van der Waals surface area contributed by atoms with Crippen molar-refractivity contribution in [3.05, 3.63) is 17.7 Å². The summed E-state index contributed by atoms with van der Waals surface area (Å²) in [6.45, 7) is 2.22. The molecule has 104 valence electrons. The van der Waals surface area contributed by atoms with Crippen LogP contribution in [-0.4, -0.2) is 44.9 Å². The second-order valence-electron chi connectivity index (χ2n) is 5.26. The number of amides is 1. The predicted molar refractivity (Wildman–Crippen MR) is 69.1 cm³/mol. The first-order chi connectivity index (χ1) is 9.00. The van der Waals surface area contributed by atoms with Gasteiger partial charge in [0.1, 0.15) is 0 Å². The predicted octanol–water partition coefficient (Wildman–Crippen LogP) is 1.76. The zero-order valence-corrected chi connectivity index (χ0v) is 11.2. The van der Waals surface area contributed by atoms with Crippen LogP contribution >= 0.6 is 0 Å². The maximum absolute atomic E-state index is 12.3. The molecular weight excluding hydrogens is 246 g/mol. The van der Waals surface area contributed by atoms with Gasteiger partial charge in [-0.1, -0.05) is 6.92 Å². The number of carbonyl (C=O) groups is 2. The number of hydrogen-bond acceptors (Lipinski definition) is 3. The highest BCUT2D eigenvalue weighted by Gasteiger charge is 2.29. The van der Waals surface area contributed by atoms with Crippen molar-refractivity contribution in [3.8, 4) is 0 Å². The highest BCUT2D eigenvalue weighted by Crippen LogP contribution is 2.27. The summed E-state index contributed by atoms with van der Waals surface area (Å²) in [7, 11) is 1.73. The Morgan fingerprint density at radius 3 is 2.58 bits per heavy atom. The Labute approximate surface area is 111 Å². The molecule has 0 bridgehead atoms. The quantitative estimate of drug-likeness (QED) is 0.871. The van der Waals surface area contributed by atoms with Gasteiger partial charge in [0.05, 0.1) is 6.33 Å². The molecule has 1 aliphatic carbocycles. The van der Waals surface area contributed by atoms with Crippen LogP contribution in [0.15, 0.2) is 6.33 Å². The SMILES string of the molecule is CC1CCC(N(C)C(=O)c2nc[nH]c2C(=O)O)CC1. The van der Waals surface area contributed by atoms with Crippen molar-refractivity contribution in [3.63, 3.8) is 0 Å². The van der Waals surface area contributed by atoms with Gasteiger partial charge < -0.3 is 15.0 Å². The smallest absolute Gasteiger partial charge is 0.354 e. The second-order valence-corrected chi connectivity index (χ2v) is 5.26. The molecule has 2 rings (SSSR count). The van der Waals surface area contributed by atoms with Gasteiger partial charge in [0.15, 0.2) is 11.4 Å². The molecule has 0 radical (unpaired) electrons. The van der Waals surface area contributed by atoms with Crippen LogP contribution in [0.4, 0.5) is 0 Å². The Balaban J connectivity index is 2.10. The molecule has 0 spiro atoms. The molecule has 1 saturated carbocycles. The fourth-order valence-electron chi connectivity index (χ4n) is 2.58. The van der Waals surface area contributed by atoms with E-state index in [0.717, 1.165) is 25.7 Å². The van der Waals surface area contributed by atoms with E-state index in [1.807, 2.05) is 0 Å². The summed E-state index contributed by atoms with van der Waals surface area (Å²) in [5.74, 6) is -0.774. The maximum Gasteiger partial charge on any atom is 0.354 e. The van der Waals surface area contributed by atoms with E-state index < -0.39 is 5.97 Å². The number of nitrogens with one attached hydrogen (secondary N) is 1. The van der Waals surface area contributed by atoms with Crippen LogP contribution in [0.1, 0.15) is 53.6 Å². The van der Waals surface area contributed by atoms with Crippen LogP contribution in [0.5, 0.6) is 0 Å². The lowest BCUT2D eigenvalue weighted by Gasteiger charge is -2.33. The van der Waals surface area contributed by atoms with Crippen LogP contribution < -0.4 is 0 Å². The topological polar surface area (TPSA) is 86.3 Å². The molecule has 2 N–H and O–H groups in total. The second kappa shape index (κ2) is 5.42. The minimum atomic E-state index is -1.16. The number of imidazole rings is 1. The van der Waals surface area contributed by atoms with E-state index in [2.05, 4.69) is 16.9 Å². The van der Waals surface area contributed by atoms with Crippen LogP contribution in [-0.2, 0) is 0 Å². The lowest BCUT2D eigenvalue weighted by Crippen LogP contribution is -2.40. The first-order valence-corrected chi connectivity index (χ1v) is 6.54. The summed E-state index contributed by atoms with van der Waals surface area (Å²) in [6.07, 6.45) is 5.39. The number of aromatic carboxylic acids is 1.